The molecule has 2 heterocycles. The highest BCUT2D eigenvalue weighted by atomic mass is 16.3. The van der Waals surface area contributed by atoms with E-state index in [-0.39, 0.29) is 12.1 Å². The summed E-state index contributed by atoms with van der Waals surface area (Å²) in [4.78, 5) is 20.6. The third-order valence-electron chi connectivity index (χ3n) is 3.63. The summed E-state index contributed by atoms with van der Waals surface area (Å²) in [6, 6.07) is 7.56. The molecule has 0 bridgehead atoms. The van der Waals surface area contributed by atoms with Gasteiger partial charge in [0.1, 0.15) is 0 Å². The summed E-state index contributed by atoms with van der Waals surface area (Å²) in [5.41, 5.74) is 3.37. The van der Waals surface area contributed by atoms with Crippen molar-refractivity contribution >= 4 is 10.9 Å². The predicted octanol–water partition coefficient (Wildman–Crippen LogP) is 2.14. The standard InChI is InChI=1S/C17H17N3O2/c1-11-5-12(2)7-13(6-11)16(21)9-20-10-19-15-8-18-4-3-14(15)17(20)22/h3-8,10,16,21H,9H2,1-2H3. The zero-order valence-corrected chi connectivity index (χ0v) is 12.5. The molecule has 0 spiro atoms. The van der Waals surface area contributed by atoms with Crippen molar-refractivity contribution in [3.8, 4) is 0 Å². The predicted molar refractivity (Wildman–Crippen MR) is 84.7 cm³/mol. The molecule has 22 heavy (non-hydrogen) atoms. The average Bonchev–Trinajstić information content (AvgIpc) is 2.49. The first-order chi connectivity index (χ1) is 10.5. The number of aliphatic hydroxyl groups is 1. The van der Waals surface area contributed by atoms with Crippen LogP contribution in [0.5, 0.6) is 0 Å². The highest BCUT2D eigenvalue weighted by molar-refractivity contribution is 5.75. The van der Waals surface area contributed by atoms with Crippen molar-refractivity contribution in [1.82, 2.24) is 14.5 Å². The van der Waals surface area contributed by atoms with Crippen molar-refractivity contribution in [1.29, 1.82) is 0 Å². The second-order valence-electron chi connectivity index (χ2n) is 5.53. The van der Waals surface area contributed by atoms with Gasteiger partial charge in [0.25, 0.3) is 5.56 Å². The van der Waals surface area contributed by atoms with Crippen LogP contribution in [0.2, 0.25) is 0 Å². The topological polar surface area (TPSA) is 68.0 Å². The van der Waals surface area contributed by atoms with E-state index in [0.717, 1.165) is 16.7 Å². The molecule has 5 nitrogen and oxygen atoms in total. The van der Waals surface area contributed by atoms with E-state index in [1.165, 1.54) is 10.9 Å². The van der Waals surface area contributed by atoms with Crippen molar-refractivity contribution in [3.63, 3.8) is 0 Å². The first-order valence-corrected chi connectivity index (χ1v) is 7.10. The Morgan fingerprint density at radius 2 is 1.95 bits per heavy atom. The molecule has 1 unspecified atom stereocenters. The number of benzene rings is 1. The van der Waals surface area contributed by atoms with E-state index in [2.05, 4.69) is 9.97 Å². The third kappa shape index (κ3) is 2.76. The summed E-state index contributed by atoms with van der Waals surface area (Å²) in [5.74, 6) is 0. The Hall–Kier alpha value is -2.53. The lowest BCUT2D eigenvalue weighted by atomic mass is 10.0. The monoisotopic (exact) mass is 295 g/mol. The lowest BCUT2D eigenvalue weighted by molar-refractivity contribution is 0.154. The maximum atomic E-state index is 12.4. The maximum Gasteiger partial charge on any atom is 0.261 e. The molecule has 112 valence electrons. The molecule has 1 N–H and O–H groups in total. The number of nitrogens with zero attached hydrogens (tertiary/aromatic N) is 3. The number of hydrogen-bond acceptors (Lipinski definition) is 4. The second kappa shape index (κ2) is 5.69. The minimum atomic E-state index is -0.752. The van der Waals surface area contributed by atoms with Gasteiger partial charge in [0, 0.05) is 6.20 Å². The summed E-state index contributed by atoms with van der Waals surface area (Å²) < 4.78 is 1.44. The van der Waals surface area contributed by atoms with Gasteiger partial charge >= 0.3 is 0 Å². The Bertz CT molecular complexity index is 866. The minimum Gasteiger partial charge on any atom is -0.387 e. The fraction of sp³-hybridized carbons (Fsp3) is 0.235. The highest BCUT2D eigenvalue weighted by Gasteiger charge is 2.12. The average molecular weight is 295 g/mol. The fourth-order valence-electron chi connectivity index (χ4n) is 2.63. The van der Waals surface area contributed by atoms with Gasteiger partial charge in [-0.15, -0.1) is 0 Å². The summed E-state index contributed by atoms with van der Waals surface area (Å²) in [7, 11) is 0. The lowest BCUT2D eigenvalue weighted by Crippen LogP contribution is -2.23. The molecule has 2 aromatic heterocycles. The third-order valence-corrected chi connectivity index (χ3v) is 3.63. The summed E-state index contributed by atoms with van der Waals surface area (Å²) >= 11 is 0. The molecule has 0 radical (unpaired) electrons. The van der Waals surface area contributed by atoms with Crippen LogP contribution in [0.1, 0.15) is 22.8 Å². The van der Waals surface area contributed by atoms with E-state index in [9.17, 15) is 9.90 Å². The highest BCUT2D eigenvalue weighted by Crippen LogP contribution is 2.18. The second-order valence-corrected chi connectivity index (χ2v) is 5.53. The van der Waals surface area contributed by atoms with E-state index in [4.69, 9.17) is 0 Å². The van der Waals surface area contributed by atoms with Gasteiger partial charge in [-0.05, 0) is 25.5 Å². The van der Waals surface area contributed by atoms with Gasteiger partial charge in [0.2, 0.25) is 0 Å². The van der Waals surface area contributed by atoms with Crippen LogP contribution in [0.4, 0.5) is 0 Å². The van der Waals surface area contributed by atoms with E-state index in [0.29, 0.717) is 10.9 Å². The quantitative estimate of drug-likeness (QED) is 0.804. The lowest BCUT2D eigenvalue weighted by Gasteiger charge is -2.14. The van der Waals surface area contributed by atoms with Crippen LogP contribution >= 0.6 is 0 Å². The van der Waals surface area contributed by atoms with Crippen LogP contribution in [0.3, 0.4) is 0 Å². The van der Waals surface area contributed by atoms with Gasteiger partial charge in [-0.3, -0.25) is 14.3 Å². The van der Waals surface area contributed by atoms with Crippen molar-refractivity contribution in [2.24, 2.45) is 0 Å². The van der Waals surface area contributed by atoms with Crippen LogP contribution in [0.25, 0.3) is 10.9 Å². The number of fused-ring (bicyclic) bond motifs is 1. The SMILES string of the molecule is Cc1cc(C)cc(C(O)Cn2cnc3cnccc3c2=O)c1. The van der Waals surface area contributed by atoms with Crippen molar-refractivity contribution < 1.29 is 5.11 Å². The molecule has 1 aromatic carbocycles. The molecule has 3 rings (SSSR count). The van der Waals surface area contributed by atoms with Crippen LogP contribution in [-0.4, -0.2) is 19.6 Å². The van der Waals surface area contributed by atoms with Crippen LogP contribution in [-0.2, 0) is 6.54 Å². The summed E-state index contributed by atoms with van der Waals surface area (Å²) in [6.07, 6.45) is 3.83. The number of aromatic nitrogens is 3. The molecular formula is C17H17N3O2. The number of hydrogen-bond donors (Lipinski definition) is 1. The molecule has 0 fully saturated rings. The zero-order chi connectivity index (χ0) is 15.7. The van der Waals surface area contributed by atoms with Crippen molar-refractivity contribution in [2.45, 2.75) is 26.5 Å². The summed E-state index contributed by atoms with van der Waals surface area (Å²) in [6.45, 7) is 4.15. The van der Waals surface area contributed by atoms with E-state index in [1.807, 2.05) is 32.0 Å². The molecule has 0 saturated carbocycles. The zero-order valence-electron chi connectivity index (χ0n) is 12.5. The van der Waals surface area contributed by atoms with Gasteiger partial charge < -0.3 is 5.11 Å². The fourth-order valence-corrected chi connectivity index (χ4v) is 2.63. The maximum absolute atomic E-state index is 12.4. The number of aliphatic hydroxyl groups excluding tert-OH is 1. The van der Waals surface area contributed by atoms with Gasteiger partial charge in [-0.25, -0.2) is 4.98 Å². The Kier molecular flexibility index (Phi) is 3.73. The van der Waals surface area contributed by atoms with Crippen LogP contribution in [0.15, 0.2) is 47.8 Å². The molecule has 5 heteroatoms. The Morgan fingerprint density at radius 1 is 1.23 bits per heavy atom. The number of aryl methyl sites for hydroxylation is 2. The van der Waals surface area contributed by atoms with Gasteiger partial charge in [-0.1, -0.05) is 29.3 Å². The van der Waals surface area contributed by atoms with E-state index < -0.39 is 6.10 Å². The normalized spacial score (nSPS) is 12.5. The first kappa shape index (κ1) is 14.4. The molecule has 0 aliphatic carbocycles. The van der Waals surface area contributed by atoms with Gasteiger partial charge in [0.15, 0.2) is 0 Å². The van der Waals surface area contributed by atoms with E-state index >= 15 is 0 Å². The molecule has 0 aliphatic rings. The Morgan fingerprint density at radius 3 is 2.68 bits per heavy atom. The molecule has 0 amide bonds. The molecule has 0 saturated heterocycles. The molecular weight excluding hydrogens is 278 g/mol. The first-order valence-electron chi connectivity index (χ1n) is 7.10. The largest absolute Gasteiger partial charge is 0.387 e. The van der Waals surface area contributed by atoms with Gasteiger partial charge in [-0.2, -0.15) is 0 Å². The minimum absolute atomic E-state index is 0.171. The smallest absolute Gasteiger partial charge is 0.261 e. The van der Waals surface area contributed by atoms with E-state index in [1.54, 1.807) is 18.5 Å². The number of pyridine rings is 1. The molecule has 1 atom stereocenters. The van der Waals surface area contributed by atoms with Crippen LogP contribution < -0.4 is 5.56 Å². The Labute approximate surface area is 127 Å². The number of rotatable bonds is 3. The van der Waals surface area contributed by atoms with Crippen LogP contribution in [0, 0.1) is 13.8 Å². The van der Waals surface area contributed by atoms with Gasteiger partial charge in [0.05, 0.1) is 36.1 Å². The van der Waals surface area contributed by atoms with Crippen molar-refractivity contribution in [3.05, 3.63) is 70.0 Å². The molecule has 3 aromatic rings. The summed E-state index contributed by atoms with van der Waals surface area (Å²) in [5, 5.41) is 10.9. The molecule has 0 aliphatic heterocycles. The van der Waals surface area contributed by atoms with Crippen molar-refractivity contribution in [2.75, 3.05) is 0 Å². The Balaban J connectivity index is 1.95.